The Balaban J connectivity index is 2.07. The molecule has 0 aliphatic carbocycles. The number of aryl methyl sites for hydroxylation is 1. The van der Waals surface area contributed by atoms with E-state index in [1.54, 1.807) is 12.3 Å². The van der Waals surface area contributed by atoms with Gasteiger partial charge < -0.3 is 5.32 Å². The van der Waals surface area contributed by atoms with Gasteiger partial charge in [0.15, 0.2) is 0 Å². The van der Waals surface area contributed by atoms with Crippen molar-refractivity contribution in [3.8, 4) is 0 Å². The van der Waals surface area contributed by atoms with Crippen LogP contribution < -0.4 is 5.32 Å². The van der Waals surface area contributed by atoms with Gasteiger partial charge in [-0.15, -0.1) is 0 Å². The number of halogens is 1. The molecular formula is C13H12IN3O. The van der Waals surface area contributed by atoms with Crippen molar-refractivity contribution in [1.82, 2.24) is 15.3 Å². The predicted octanol–water partition coefficient (Wildman–Crippen LogP) is 2.32. The summed E-state index contributed by atoms with van der Waals surface area (Å²) >= 11 is 2.19. The number of nitrogens with one attached hydrogen (secondary N) is 1. The molecule has 0 fully saturated rings. The molecule has 18 heavy (non-hydrogen) atoms. The Morgan fingerprint density at radius 1 is 1.39 bits per heavy atom. The number of amides is 1. The minimum Gasteiger partial charge on any atom is -0.346 e. The molecule has 92 valence electrons. The molecule has 1 aromatic carbocycles. The summed E-state index contributed by atoms with van der Waals surface area (Å²) in [5.74, 6) is -0.0817. The van der Waals surface area contributed by atoms with Crippen LogP contribution in [0.2, 0.25) is 0 Å². The molecule has 0 atom stereocenters. The Bertz CT molecular complexity index is 557. The van der Waals surface area contributed by atoms with Crippen molar-refractivity contribution in [2.45, 2.75) is 13.5 Å². The quantitative estimate of drug-likeness (QED) is 0.862. The van der Waals surface area contributed by atoms with Gasteiger partial charge >= 0.3 is 0 Å². The van der Waals surface area contributed by atoms with Crippen molar-refractivity contribution in [2.24, 2.45) is 0 Å². The summed E-state index contributed by atoms with van der Waals surface area (Å²) in [6.45, 7) is 2.40. The standard InChI is InChI=1S/C13H12IN3O/c1-9-3-2-4-11(12(9)14)13(18)16-7-10-5-6-15-8-17-10/h2-6,8H,7H2,1H3,(H,16,18). The normalized spacial score (nSPS) is 10.1. The summed E-state index contributed by atoms with van der Waals surface area (Å²) in [6.07, 6.45) is 3.13. The number of carbonyl (C=O) groups excluding carboxylic acids is 1. The van der Waals surface area contributed by atoms with Gasteiger partial charge in [0.2, 0.25) is 0 Å². The summed E-state index contributed by atoms with van der Waals surface area (Å²) in [6, 6.07) is 7.48. The van der Waals surface area contributed by atoms with E-state index < -0.39 is 0 Å². The fourth-order valence-electron chi connectivity index (χ4n) is 1.51. The highest BCUT2D eigenvalue weighted by atomic mass is 127. The minimum absolute atomic E-state index is 0.0817. The van der Waals surface area contributed by atoms with Crippen LogP contribution in [0.4, 0.5) is 0 Å². The minimum atomic E-state index is -0.0817. The third-order valence-electron chi connectivity index (χ3n) is 2.51. The Morgan fingerprint density at radius 2 is 2.22 bits per heavy atom. The van der Waals surface area contributed by atoms with Gasteiger partial charge in [-0.1, -0.05) is 12.1 Å². The highest BCUT2D eigenvalue weighted by Crippen LogP contribution is 2.16. The number of carbonyl (C=O) groups is 1. The first-order valence-corrected chi connectivity index (χ1v) is 6.54. The van der Waals surface area contributed by atoms with Crippen molar-refractivity contribution in [3.63, 3.8) is 0 Å². The first-order valence-electron chi connectivity index (χ1n) is 5.46. The molecule has 1 N–H and O–H groups in total. The summed E-state index contributed by atoms with van der Waals surface area (Å²) in [7, 11) is 0. The highest BCUT2D eigenvalue weighted by Gasteiger charge is 2.10. The van der Waals surface area contributed by atoms with Crippen molar-refractivity contribution in [3.05, 3.63) is 57.2 Å². The average molecular weight is 353 g/mol. The maximum Gasteiger partial charge on any atom is 0.252 e. The molecule has 4 nitrogen and oxygen atoms in total. The maximum absolute atomic E-state index is 12.0. The molecule has 0 bridgehead atoms. The molecule has 0 unspecified atom stereocenters. The van der Waals surface area contributed by atoms with Gasteiger partial charge in [-0.3, -0.25) is 4.79 Å². The van der Waals surface area contributed by atoms with E-state index in [1.807, 2.05) is 25.1 Å². The van der Waals surface area contributed by atoms with Gasteiger partial charge in [0.1, 0.15) is 6.33 Å². The SMILES string of the molecule is Cc1cccc(C(=O)NCc2ccncn2)c1I. The highest BCUT2D eigenvalue weighted by molar-refractivity contribution is 14.1. The Labute approximate surface area is 119 Å². The topological polar surface area (TPSA) is 54.9 Å². The van der Waals surface area contributed by atoms with E-state index in [1.165, 1.54) is 6.33 Å². The average Bonchev–Trinajstić information content (AvgIpc) is 2.40. The Hall–Kier alpha value is -1.50. The molecule has 0 aliphatic heterocycles. The van der Waals surface area contributed by atoms with E-state index in [9.17, 15) is 4.79 Å². The zero-order valence-electron chi connectivity index (χ0n) is 9.85. The van der Waals surface area contributed by atoms with Crippen LogP contribution in [0.1, 0.15) is 21.6 Å². The Kier molecular flexibility index (Phi) is 4.24. The third-order valence-corrected chi connectivity index (χ3v) is 3.94. The van der Waals surface area contributed by atoms with E-state index in [0.717, 1.165) is 14.8 Å². The number of nitrogens with zero attached hydrogens (tertiary/aromatic N) is 2. The summed E-state index contributed by atoms with van der Waals surface area (Å²) in [5, 5.41) is 2.85. The largest absolute Gasteiger partial charge is 0.346 e. The van der Waals surface area contributed by atoms with Crippen LogP contribution in [-0.4, -0.2) is 15.9 Å². The van der Waals surface area contributed by atoms with Crippen LogP contribution >= 0.6 is 22.6 Å². The summed E-state index contributed by atoms with van der Waals surface area (Å²) in [5.41, 5.74) is 2.59. The number of aromatic nitrogens is 2. The number of hydrogen-bond donors (Lipinski definition) is 1. The van der Waals surface area contributed by atoms with Crippen LogP contribution in [0.3, 0.4) is 0 Å². The lowest BCUT2D eigenvalue weighted by molar-refractivity contribution is 0.0949. The molecule has 1 heterocycles. The first kappa shape index (κ1) is 12.9. The smallest absolute Gasteiger partial charge is 0.252 e. The molecular weight excluding hydrogens is 341 g/mol. The second-order valence-corrected chi connectivity index (χ2v) is 4.90. The van der Waals surface area contributed by atoms with Crippen LogP contribution in [0.15, 0.2) is 36.8 Å². The van der Waals surface area contributed by atoms with Crippen LogP contribution in [0, 0.1) is 10.5 Å². The van der Waals surface area contributed by atoms with E-state index in [2.05, 4.69) is 37.9 Å². The fourth-order valence-corrected chi connectivity index (χ4v) is 2.12. The van der Waals surface area contributed by atoms with Crippen LogP contribution in [-0.2, 0) is 6.54 Å². The van der Waals surface area contributed by atoms with Gasteiger partial charge in [-0.2, -0.15) is 0 Å². The van der Waals surface area contributed by atoms with Crippen molar-refractivity contribution in [2.75, 3.05) is 0 Å². The fraction of sp³-hybridized carbons (Fsp3) is 0.154. The Morgan fingerprint density at radius 3 is 2.94 bits per heavy atom. The molecule has 0 spiro atoms. The van der Waals surface area contributed by atoms with Gasteiger partial charge in [-0.25, -0.2) is 9.97 Å². The summed E-state index contributed by atoms with van der Waals surface area (Å²) < 4.78 is 0.982. The number of benzene rings is 1. The third kappa shape index (κ3) is 3.04. The predicted molar refractivity (Wildman–Crippen MR) is 77.1 cm³/mol. The zero-order chi connectivity index (χ0) is 13.0. The first-order chi connectivity index (χ1) is 8.68. The molecule has 1 amide bonds. The zero-order valence-corrected chi connectivity index (χ0v) is 12.0. The molecule has 2 rings (SSSR count). The molecule has 0 saturated heterocycles. The second kappa shape index (κ2) is 5.90. The van der Waals surface area contributed by atoms with Gasteiger partial charge in [0.05, 0.1) is 17.8 Å². The van der Waals surface area contributed by atoms with E-state index in [0.29, 0.717) is 12.1 Å². The van der Waals surface area contributed by atoms with Crippen LogP contribution in [0.5, 0.6) is 0 Å². The van der Waals surface area contributed by atoms with Gasteiger partial charge in [-0.05, 0) is 47.2 Å². The lowest BCUT2D eigenvalue weighted by Gasteiger charge is -2.08. The number of rotatable bonds is 3. The second-order valence-electron chi connectivity index (χ2n) is 3.82. The molecule has 5 heteroatoms. The van der Waals surface area contributed by atoms with E-state index in [4.69, 9.17) is 0 Å². The van der Waals surface area contributed by atoms with E-state index in [-0.39, 0.29) is 5.91 Å². The maximum atomic E-state index is 12.0. The van der Waals surface area contributed by atoms with Crippen molar-refractivity contribution in [1.29, 1.82) is 0 Å². The summed E-state index contributed by atoms with van der Waals surface area (Å²) in [4.78, 5) is 19.9. The monoisotopic (exact) mass is 353 g/mol. The van der Waals surface area contributed by atoms with Gasteiger partial charge in [0.25, 0.3) is 5.91 Å². The lowest BCUT2D eigenvalue weighted by Crippen LogP contribution is -2.24. The van der Waals surface area contributed by atoms with Crippen molar-refractivity contribution < 1.29 is 4.79 Å². The van der Waals surface area contributed by atoms with E-state index >= 15 is 0 Å². The van der Waals surface area contributed by atoms with Gasteiger partial charge in [0, 0.05) is 9.77 Å². The molecule has 1 aromatic heterocycles. The molecule has 0 aliphatic rings. The molecule has 0 saturated carbocycles. The molecule has 0 radical (unpaired) electrons. The van der Waals surface area contributed by atoms with Crippen molar-refractivity contribution >= 4 is 28.5 Å². The van der Waals surface area contributed by atoms with Crippen LogP contribution in [0.25, 0.3) is 0 Å². The molecule has 2 aromatic rings. The number of hydrogen-bond acceptors (Lipinski definition) is 3. The lowest BCUT2D eigenvalue weighted by atomic mass is 10.1.